The average Bonchev–Trinajstić information content (AvgIpc) is 3.35. The molecule has 2 heterocycles. The normalized spacial score (nSPS) is 16.2. The minimum atomic E-state index is -0.117. The second-order valence-corrected chi connectivity index (χ2v) is 8.39. The van der Waals surface area contributed by atoms with Gasteiger partial charge in [-0.15, -0.1) is 5.10 Å². The molecule has 0 radical (unpaired) electrons. The predicted molar refractivity (Wildman–Crippen MR) is 126 cm³/mol. The third kappa shape index (κ3) is 4.06. The van der Waals surface area contributed by atoms with Gasteiger partial charge in [0.15, 0.2) is 0 Å². The Morgan fingerprint density at radius 3 is 2.22 bits per heavy atom. The smallest absolute Gasteiger partial charge is 0.316 e. The number of likely N-dealkylation sites (tertiary alicyclic amines) is 1. The van der Waals surface area contributed by atoms with Crippen LogP contribution in [0.3, 0.4) is 0 Å². The van der Waals surface area contributed by atoms with Gasteiger partial charge >= 0.3 is 6.03 Å². The van der Waals surface area contributed by atoms with Gasteiger partial charge in [0, 0.05) is 12.1 Å². The highest BCUT2D eigenvalue weighted by Crippen LogP contribution is 2.31. The molecule has 160 valence electrons. The molecule has 0 spiro atoms. The number of aryl methyl sites for hydroxylation is 1. The Balaban J connectivity index is 1.36. The van der Waals surface area contributed by atoms with Crippen LogP contribution < -0.4 is 0 Å². The van der Waals surface area contributed by atoms with E-state index in [1.165, 1.54) is 21.4 Å². The fourth-order valence-electron chi connectivity index (χ4n) is 4.38. The zero-order valence-corrected chi connectivity index (χ0v) is 18.2. The second-order valence-electron chi connectivity index (χ2n) is 8.39. The first-order valence-corrected chi connectivity index (χ1v) is 11.1. The molecule has 0 N–H and O–H groups in total. The lowest BCUT2D eigenvalue weighted by atomic mass is 9.96. The minimum absolute atomic E-state index is 0.0823. The summed E-state index contributed by atoms with van der Waals surface area (Å²) in [5, 5.41) is 8.44. The van der Waals surface area contributed by atoms with Crippen molar-refractivity contribution in [2.75, 3.05) is 6.54 Å². The fraction of sp³-hybridized carbons (Fsp3) is 0.222. The molecule has 1 saturated heterocycles. The van der Waals surface area contributed by atoms with Crippen molar-refractivity contribution in [3.8, 4) is 22.4 Å². The third-order valence-corrected chi connectivity index (χ3v) is 6.19. The Hall–Kier alpha value is -3.73. The summed E-state index contributed by atoms with van der Waals surface area (Å²) in [5.41, 5.74) is 6.39. The van der Waals surface area contributed by atoms with Gasteiger partial charge in [-0.2, -0.15) is 4.68 Å². The first-order valence-electron chi connectivity index (χ1n) is 11.1. The van der Waals surface area contributed by atoms with Crippen molar-refractivity contribution in [2.45, 2.75) is 32.2 Å². The number of carbonyl (C=O) groups excluding carboxylic acids is 1. The van der Waals surface area contributed by atoms with Crippen molar-refractivity contribution in [1.29, 1.82) is 0 Å². The maximum Gasteiger partial charge on any atom is 0.346 e. The Labute approximate surface area is 188 Å². The molecule has 5 rings (SSSR count). The Morgan fingerprint density at radius 1 is 0.844 bits per heavy atom. The van der Waals surface area contributed by atoms with E-state index in [1.54, 1.807) is 6.20 Å². The number of rotatable bonds is 3. The molecule has 1 aromatic heterocycles. The Bertz CT molecular complexity index is 1200. The third-order valence-electron chi connectivity index (χ3n) is 6.19. The van der Waals surface area contributed by atoms with Gasteiger partial charge in [-0.1, -0.05) is 89.6 Å². The van der Waals surface area contributed by atoms with E-state index < -0.39 is 0 Å². The summed E-state index contributed by atoms with van der Waals surface area (Å²) in [6, 6.07) is 26.9. The SMILES string of the molecule is Cc1ccc(-c2ccc(-c3cn(C(=O)N4CCCCC4c4ccccc4)nn3)cc2)cc1. The van der Waals surface area contributed by atoms with Gasteiger partial charge < -0.3 is 4.90 Å². The summed E-state index contributed by atoms with van der Waals surface area (Å²) in [6.45, 7) is 2.82. The number of carbonyl (C=O) groups is 1. The molecular weight excluding hydrogens is 396 g/mol. The molecule has 1 atom stereocenters. The highest BCUT2D eigenvalue weighted by Gasteiger charge is 2.29. The van der Waals surface area contributed by atoms with E-state index in [2.05, 4.69) is 65.8 Å². The molecule has 1 amide bonds. The van der Waals surface area contributed by atoms with Crippen LogP contribution in [0.25, 0.3) is 22.4 Å². The van der Waals surface area contributed by atoms with Gasteiger partial charge in [0.2, 0.25) is 0 Å². The summed E-state index contributed by atoms with van der Waals surface area (Å²) >= 11 is 0. The van der Waals surface area contributed by atoms with Gasteiger partial charge in [0.05, 0.1) is 12.2 Å². The molecular formula is C27H26N4O. The van der Waals surface area contributed by atoms with Gasteiger partial charge in [-0.3, -0.25) is 0 Å². The lowest BCUT2D eigenvalue weighted by Crippen LogP contribution is -2.41. The summed E-state index contributed by atoms with van der Waals surface area (Å²) in [4.78, 5) is 15.2. The molecule has 1 aliphatic heterocycles. The molecule has 0 saturated carbocycles. The molecule has 1 unspecified atom stereocenters. The van der Waals surface area contributed by atoms with E-state index >= 15 is 0 Å². The largest absolute Gasteiger partial charge is 0.346 e. The number of benzene rings is 3. The summed E-state index contributed by atoms with van der Waals surface area (Å²) in [6.07, 6.45) is 4.84. The van der Waals surface area contributed by atoms with Crippen molar-refractivity contribution >= 4 is 6.03 Å². The monoisotopic (exact) mass is 422 g/mol. The van der Waals surface area contributed by atoms with Crippen LogP contribution in [0.15, 0.2) is 85.1 Å². The van der Waals surface area contributed by atoms with Crippen LogP contribution >= 0.6 is 0 Å². The lowest BCUT2D eigenvalue weighted by molar-refractivity contribution is 0.149. The topological polar surface area (TPSA) is 51.0 Å². The van der Waals surface area contributed by atoms with Crippen LogP contribution in [0.2, 0.25) is 0 Å². The number of piperidine rings is 1. The Morgan fingerprint density at radius 2 is 1.50 bits per heavy atom. The standard InChI is InChI=1S/C27H26N4O/c1-20-10-12-21(13-11-20)22-14-16-23(17-15-22)25-19-31(29-28-25)27(32)30-18-6-5-9-26(30)24-7-3-2-4-8-24/h2-4,7-8,10-17,19,26H,5-6,9,18H2,1H3. The average molecular weight is 423 g/mol. The zero-order valence-electron chi connectivity index (χ0n) is 18.2. The molecule has 3 aromatic carbocycles. The van der Waals surface area contributed by atoms with Crippen LogP contribution in [-0.4, -0.2) is 32.5 Å². The molecule has 32 heavy (non-hydrogen) atoms. The maximum atomic E-state index is 13.3. The summed E-state index contributed by atoms with van der Waals surface area (Å²) in [5.74, 6) is 0. The van der Waals surface area contributed by atoms with Gasteiger partial charge in [0.1, 0.15) is 5.69 Å². The Kier molecular flexibility index (Phi) is 5.55. The molecule has 5 heteroatoms. The first kappa shape index (κ1) is 20.2. The van der Waals surface area contributed by atoms with E-state index in [0.717, 1.165) is 36.9 Å². The minimum Gasteiger partial charge on any atom is -0.316 e. The highest BCUT2D eigenvalue weighted by molar-refractivity contribution is 5.78. The quantitative estimate of drug-likeness (QED) is 0.400. The van der Waals surface area contributed by atoms with Gasteiger partial charge in [0.25, 0.3) is 0 Å². The molecule has 0 aliphatic carbocycles. The van der Waals surface area contributed by atoms with E-state index in [9.17, 15) is 4.79 Å². The lowest BCUT2D eigenvalue weighted by Gasteiger charge is -2.35. The van der Waals surface area contributed by atoms with Crippen molar-refractivity contribution < 1.29 is 4.79 Å². The maximum absolute atomic E-state index is 13.3. The highest BCUT2D eigenvalue weighted by atomic mass is 16.2. The number of nitrogens with zero attached hydrogens (tertiary/aromatic N) is 4. The van der Waals surface area contributed by atoms with Gasteiger partial charge in [-0.05, 0) is 42.9 Å². The number of hydrogen-bond acceptors (Lipinski definition) is 3. The summed E-state index contributed by atoms with van der Waals surface area (Å²) in [7, 11) is 0. The van der Waals surface area contributed by atoms with E-state index in [1.807, 2.05) is 35.2 Å². The number of hydrogen-bond donors (Lipinski definition) is 0. The van der Waals surface area contributed by atoms with Crippen molar-refractivity contribution in [2.24, 2.45) is 0 Å². The van der Waals surface area contributed by atoms with Crippen LogP contribution in [-0.2, 0) is 0 Å². The molecule has 1 fully saturated rings. The van der Waals surface area contributed by atoms with Crippen LogP contribution in [0, 0.1) is 6.92 Å². The first-order chi connectivity index (χ1) is 15.7. The van der Waals surface area contributed by atoms with E-state index in [-0.39, 0.29) is 12.1 Å². The van der Waals surface area contributed by atoms with Gasteiger partial charge in [-0.25, -0.2) is 4.79 Å². The number of amides is 1. The predicted octanol–water partition coefficient (Wildman–Crippen LogP) is 6.12. The second kappa shape index (κ2) is 8.79. The molecule has 5 nitrogen and oxygen atoms in total. The zero-order chi connectivity index (χ0) is 21.9. The van der Waals surface area contributed by atoms with Crippen molar-refractivity contribution in [3.05, 3.63) is 96.2 Å². The van der Waals surface area contributed by atoms with Crippen LogP contribution in [0.5, 0.6) is 0 Å². The van der Waals surface area contributed by atoms with E-state index in [4.69, 9.17) is 0 Å². The summed E-state index contributed by atoms with van der Waals surface area (Å²) < 4.78 is 1.38. The number of aromatic nitrogens is 3. The molecule has 1 aliphatic rings. The van der Waals surface area contributed by atoms with E-state index in [0.29, 0.717) is 5.69 Å². The van der Waals surface area contributed by atoms with Crippen molar-refractivity contribution in [1.82, 2.24) is 19.9 Å². The fourth-order valence-corrected chi connectivity index (χ4v) is 4.38. The van der Waals surface area contributed by atoms with Crippen molar-refractivity contribution in [3.63, 3.8) is 0 Å². The molecule has 4 aromatic rings. The molecule has 0 bridgehead atoms. The van der Waals surface area contributed by atoms with Crippen LogP contribution in [0.1, 0.15) is 36.4 Å². The van der Waals surface area contributed by atoms with Crippen LogP contribution in [0.4, 0.5) is 4.79 Å².